The highest BCUT2D eigenvalue weighted by molar-refractivity contribution is 6.33. The maximum atomic E-state index is 14.8. The third-order valence-electron chi connectivity index (χ3n) is 8.50. The Balaban J connectivity index is 1.29. The quantitative estimate of drug-likeness (QED) is 0.346. The van der Waals surface area contributed by atoms with E-state index >= 15 is 0 Å². The van der Waals surface area contributed by atoms with Gasteiger partial charge in [-0.15, -0.1) is 0 Å². The van der Waals surface area contributed by atoms with Crippen LogP contribution in [0.25, 0.3) is 11.1 Å². The Labute approximate surface area is 213 Å². The molecule has 0 heterocycles. The normalized spacial score (nSPS) is 25.0. The Morgan fingerprint density at radius 2 is 1.37 bits per heavy atom. The van der Waals surface area contributed by atoms with E-state index in [0.29, 0.717) is 18.1 Å². The third-order valence-corrected chi connectivity index (χ3v) is 8.87. The van der Waals surface area contributed by atoms with Crippen molar-refractivity contribution in [3.63, 3.8) is 0 Å². The Morgan fingerprint density at radius 1 is 0.771 bits per heavy atom. The van der Waals surface area contributed by atoms with E-state index in [0.717, 1.165) is 30.6 Å². The van der Waals surface area contributed by atoms with Crippen molar-refractivity contribution < 1.29 is 17.9 Å². The van der Waals surface area contributed by atoms with Gasteiger partial charge in [0.25, 0.3) is 0 Å². The van der Waals surface area contributed by atoms with Gasteiger partial charge in [0.05, 0.1) is 11.6 Å². The van der Waals surface area contributed by atoms with E-state index in [4.69, 9.17) is 16.3 Å². The molecule has 2 aromatic carbocycles. The first-order valence-electron chi connectivity index (χ1n) is 13.4. The van der Waals surface area contributed by atoms with Crippen molar-refractivity contribution >= 4 is 11.6 Å². The van der Waals surface area contributed by atoms with Crippen molar-refractivity contribution in [3.05, 3.63) is 52.3 Å². The first-order chi connectivity index (χ1) is 16.9. The first-order valence-corrected chi connectivity index (χ1v) is 13.8. The Hall–Kier alpha value is -1.68. The maximum Gasteiger partial charge on any atom is 0.201 e. The fourth-order valence-corrected chi connectivity index (χ4v) is 6.49. The summed E-state index contributed by atoms with van der Waals surface area (Å²) in [5.74, 6) is 0.165. The summed E-state index contributed by atoms with van der Waals surface area (Å²) in [6, 6.07) is 5.85. The summed E-state index contributed by atoms with van der Waals surface area (Å²) in [5.41, 5.74) is 0.424. The molecule has 0 N–H and O–H groups in total. The third kappa shape index (κ3) is 6.18. The average Bonchev–Trinajstić information content (AvgIpc) is 2.88. The van der Waals surface area contributed by atoms with Crippen molar-refractivity contribution in [2.24, 2.45) is 23.7 Å². The van der Waals surface area contributed by atoms with E-state index in [9.17, 15) is 13.2 Å². The smallest absolute Gasteiger partial charge is 0.201 e. The van der Waals surface area contributed by atoms with E-state index in [1.165, 1.54) is 82.1 Å². The van der Waals surface area contributed by atoms with Crippen LogP contribution in [0.15, 0.2) is 24.3 Å². The van der Waals surface area contributed by atoms with Crippen LogP contribution in [0, 0.1) is 48.0 Å². The molecule has 4 rings (SSSR count). The van der Waals surface area contributed by atoms with Gasteiger partial charge in [-0.2, -0.15) is 4.39 Å². The van der Waals surface area contributed by atoms with Gasteiger partial charge >= 0.3 is 0 Å². The number of rotatable bonds is 8. The Kier molecular flexibility index (Phi) is 9.07. The van der Waals surface area contributed by atoms with Crippen LogP contribution in [0.4, 0.5) is 13.2 Å². The second kappa shape index (κ2) is 12.0. The average molecular weight is 507 g/mol. The number of halogens is 4. The molecule has 2 aromatic rings. The van der Waals surface area contributed by atoms with Crippen LogP contribution >= 0.6 is 11.6 Å². The molecule has 0 unspecified atom stereocenters. The van der Waals surface area contributed by atoms with E-state index in [1.807, 2.05) is 0 Å². The maximum absolute atomic E-state index is 14.8. The van der Waals surface area contributed by atoms with Crippen molar-refractivity contribution in [1.82, 2.24) is 0 Å². The highest BCUT2D eigenvalue weighted by Gasteiger charge is 2.31. The fourth-order valence-electron chi connectivity index (χ4n) is 6.18. The van der Waals surface area contributed by atoms with Gasteiger partial charge in [-0.3, -0.25) is 0 Å². The van der Waals surface area contributed by atoms with Crippen molar-refractivity contribution in [2.45, 2.75) is 84.5 Å². The van der Waals surface area contributed by atoms with E-state index in [-0.39, 0.29) is 21.9 Å². The molecule has 2 fully saturated rings. The number of benzene rings is 2. The van der Waals surface area contributed by atoms with E-state index in [2.05, 4.69) is 6.92 Å². The lowest BCUT2D eigenvalue weighted by atomic mass is 9.69. The molecule has 2 aliphatic carbocycles. The van der Waals surface area contributed by atoms with Crippen molar-refractivity contribution in [1.29, 1.82) is 0 Å². The molecule has 192 valence electrons. The lowest BCUT2D eigenvalue weighted by Gasteiger charge is -2.38. The zero-order valence-corrected chi connectivity index (χ0v) is 21.8. The summed E-state index contributed by atoms with van der Waals surface area (Å²) in [4.78, 5) is 0. The predicted octanol–water partition coefficient (Wildman–Crippen LogP) is 9.91. The van der Waals surface area contributed by atoms with Crippen molar-refractivity contribution in [2.75, 3.05) is 6.61 Å². The van der Waals surface area contributed by atoms with Crippen LogP contribution in [0.2, 0.25) is 5.02 Å². The molecule has 0 spiro atoms. The summed E-state index contributed by atoms with van der Waals surface area (Å²) in [7, 11) is 0. The van der Waals surface area contributed by atoms with Gasteiger partial charge in [0.1, 0.15) is 5.82 Å². The van der Waals surface area contributed by atoms with E-state index in [1.54, 1.807) is 6.92 Å². The molecule has 2 aliphatic rings. The number of unbranched alkanes of at least 4 members (excludes halogenated alkanes) is 1. The fraction of sp³-hybridized carbons (Fsp3) is 0.600. The zero-order chi connectivity index (χ0) is 24.9. The standard InChI is InChI=1S/C30H38ClF3O/c1-3-4-5-20-7-11-22(12-8-20)23-13-9-21(10-14-23)18-35-26-17-16-25(29(33)30(26)34)24-15-6-19(2)28(32)27(24)31/h6,15-17,20-23H,3-5,7-14,18H2,1-2H3/t20-,21?,22-,23?. The second-order valence-corrected chi connectivity index (χ2v) is 11.2. The summed E-state index contributed by atoms with van der Waals surface area (Å²) in [5, 5.41) is -0.205. The molecule has 1 nitrogen and oxygen atoms in total. The van der Waals surface area contributed by atoms with Gasteiger partial charge in [0.2, 0.25) is 5.82 Å². The minimum absolute atomic E-state index is 0.0660. The van der Waals surface area contributed by atoms with Gasteiger partial charge < -0.3 is 4.74 Å². The van der Waals surface area contributed by atoms with Crippen LogP contribution in [-0.4, -0.2) is 6.61 Å². The minimum Gasteiger partial charge on any atom is -0.490 e. The Morgan fingerprint density at radius 3 is 2.00 bits per heavy atom. The summed E-state index contributed by atoms with van der Waals surface area (Å²) in [6.07, 6.45) is 14.2. The molecule has 0 aromatic heterocycles. The zero-order valence-electron chi connectivity index (χ0n) is 21.0. The minimum atomic E-state index is -1.06. The highest BCUT2D eigenvalue weighted by Crippen LogP contribution is 2.43. The number of hydrogen-bond donors (Lipinski definition) is 0. The van der Waals surface area contributed by atoms with Gasteiger partial charge in [0.15, 0.2) is 11.6 Å². The summed E-state index contributed by atoms with van der Waals surface area (Å²) < 4.78 is 49.5. The molecule has 35 heavy (non-hydrogen) atoms. The molecule has 0 radical (unpaired) electrons. The lowest BCUT2D eigenvalue weighted by molar-refractivity contribution is 0.120. The summed E-state index contributed by atoms with van der Waals surface area (Å²) >= 11 is 6.06. The Bertz CT molecular complexity index is 992. The van der Waals surface area contributed by atoms with Crippen LogP contribution in [0.5, 0.6) is 5.75 Å². The molecular weight excluding hydrogens is 469 g/mol. The molecule has 0 amide bonds. The van der Waals surface area contributed by atoms with E-state index < -0.39 is 17.5 Å². The molecule has 0 atom stereocenters. The first kappa shape index (κ1) is 26.4. The topological polar surface area (TPSA) is 9.23 Å². The molecule has 0 aliphatic heterocycles. The monoisotopic (exact) mass is 506 g/mol. The van der Waals surface area contributed by atoms with Gasteiger partial charge in [-0.25, -0.2) is 8.78 Å². The van der Waals surface area contributed by atoms with Crippen LogP contribution in [0.3, 0.4) is 0 Å². The molecule has 5 heteroatoms. The van der Waals surface area contributed by atoms with Gasteiger partial charge in [-0.1, -0.05) is 62.8 Å². The number of aryl methyl sites for hydroxylation is 1. The largest absolute Gasteiger partial charge is 0.490 e. The molecular formula is C30H38ClF3O. The van der Waals surface area contributed by atoms with Crippen LogP contribution < -0.4 is 4.74 Å². The molecule has 0 bridgehead atoms. The second-order valence-electron chi connectivity index (χ2n) is 10.8. The highest BCUT2D eigenvalue weighted by atomic mass is 35.5. The van der Waals surface area contributed by atoms with Gasteiger partial charge in [-0.05, 0) is 86.8 Å². The molecule has 2 saturated carbocycles. The van der Waals surface area contributed by atoms with Crippen LogP contribution in [0.1, 0.15) is 83.1 Å². The summed E-state index contributed by atoms with van der Waals surface area (Å²) in [6.45, 7) is 4.24. The lowest BCUT2D eigenvalue weighted by Crippen LogP contribution is -2.27. The molecule has 0 saturated heterocycles. The predicted molar refractivity (Wildman–Crippen MR) is 137 cm³/mol. The number of ether oxygens (including phenoxy) is 1. The SMILES string of the molecule is CCCC[C@H]1CC[C@H](C2CCC(COc3ccc(-c4ccc(C)c(F)c4Cl)c(F)c3F)CC2)CC1. The van der Waals surface area contributed by atoms with Crippen LogP contribution in [-0.2, 0) is 0 Å². The number of hydrogen-bond acceptors (Lipinski definition) is 1. The van der Waals surface area contributed by atoms with Gasteiger partial charge in [0, 0.05) is 11.1 Å². The van der Waals surface area contributed by atoms with Crippen molar-refractivity contribution in [3.8, 4) is 16.9 Å².